The van der Waals surface area contributed by atoms with Gasteiger partial charge in [0.1, 0.15) is 11.0 Å². The molecule has 0 N–H and O–H groups in total. The Kier molecular flexibility index (Phi) is 6.16. The van der Waals surface area contributed by atoms with Gasteiger partial charge in [0.15, 0.2) is 0 Å². The molecule has 0 unspecified atom stereocenters. The highest BCUT2D eigenvalue weighted by atomic mass is 32.1. The Morgan fingerprint density at radius 3 is 1.57 bits per heavy atom. The number of rotatable bonds is 2. The summed E-state index contributed by atoms with van der Waals surface area (Å²) >= 11 is 1.30. The lowest BCUT2D eigenvalue weighted by Gasteiger charge is -2.25. The van der Waals surface area contributed by atoms with Gasteiger partial charge in [0.2, 0.25) is 0 Å². The molecule has 0 bridgehead atoms. The minimum Gasteiger partial charge on any atom is -0.172 e. The molecule has 0 aliphatic heterocycles. The van der Waals surface area contributed by atoms with Gasteiger partial charge < -0.3 is 0 Å². The van der Waals surface area contributed by atoms with Crippen molar-refractivity contribution in [2.75, 3.05) is 0 Å². The van der Waals surface area contributed by atoms with Gasteiger partial charge in [-0.3, -0.25) is 0 Å². The van der Waals surface area contributed by atoms with E-state index in [0.29, 0.717) is 0 Å². The third kappa shape index (κ3) is 4.28. The molecule has 2 aliphatic carbocycles. The summed E-state index contributed by atoms with van der Waals surface area (Å²) in [5, 5.41) is 4.78. The maximum absolute atomic E-state index is 4.75. The molecule has 10 rings (SSSR count). The summed E-state index contributed by atoms with van der Waals surface area (Å²) in [6, 6.07) is 43.9. The summed E-state index contributed by atoms with van der Waals surface area (Å²) in [6.45, 7) is 16.4. The molecular formula is C48H40N2S. The topological polar surface area (TPSA) is 25.8 Å². The molecule has 2 aliphatic rings. The lowest BCUT2D eigenvalue weighted by atomic mass is 9.79. The molecule has 248 valence electrons. The standard InChI is InChI=1S/C48H40N2S/c1-46(2,3)31-16-19-35-38-23-29(15-21-41(38)48(6,7)43(35)26-31)30-13-18-34-37-22-28(14-20-40(37)47(4,5)42(34)25-30)27-12-17-33-32-10-8-9-11-36(32)44-45(39(33)24-27)50-51-49-44/h8-26H,1-7H3. The smallest absolute Gasteiger partial charge is 0.113 e. The third-order valence-electron chi connectivity index (χ3n) is 12.1. The van der Waals surface area contributed by atoms with Gasteiger partial charge in [-0.15, -0.1) is 0 Å². The first-order chi connectivity index (χ1) is 24.4. The molecule has 1 aromatic heterocycles. The molecule has 0 amide bonds. The van der Waals surface area contributed by atoms with E-state index in [1.165, 1.54) is 100 Å². The van der Waals surface area contributed by atoms with E-state index in [2.05, 4.69) is 164 Å². The van der Waals surface area contributed by atoms with E-state index in [0.717, 1.165) is 16.4 Å². The minimum atomic E-state index is -0.103. The third-order valence-corrected chi connectivity index (χ3v) is 12.6. The Balaban J connectivity index is 1.06. The molecule has 3 heteroatoms. The Bertz CT molecular complexity index is 2790. The minimum absolute atomic E-state index is 0.0221. The fraction of sp³-hybridized carbons (Fsp3) is 0.208. The van der Waals surface area contributed by atoms with Crippen LogP contribution in [0.5, 0.6) is 0 Å². The summed E-state index contributed by atoms with van der Waals surface area (Å²) in [5.41, 5.74) is 19.4. The fourth-order valence-corrected chi connectivity index (χ4v) is 9.71. The zero-order chi connectivity index (χ0) is 35.0. The van der Waals surface area contributed by atoms with Crippen molar-refractivity contribution in [3.05, 3.63) is 143 Å². The molecule has 0 radical (unpaired) electrons. The maximum Gasteiger partial charge on any atom is 0.113 e. The second-order valence-electron chi connectivity index (χ2n) is 16.8. The summed E-state index contributed by atoms with van der Waals surface area (Å²) in [4.78, 5) is 0. The monoisotopic (exact) mass is 676 g/mol. The predicted molar refractivity (Wildman–Crippen MR) is 217 cm³/mol. The number of hydrogen-bond donors (Lipinski definition) is 0. The number of aromatic nitrogens is 2. The molecule has 0 saturated heterocycles. The summed E-state index contributed by atoms with van der Waals surface area (Å²) < 4.78 is 9.44. The lowest BCUT2D eigenvalue weighted by Crippen LogP contribution is -2.17. The molecular weight excluding hydrogens is 637 g/mol. The van der Waals surface area contributed by atoms with Gasteiger partial charge in [-0.05, 0) is 113 Å². The maximum atomic E-state index is 4.75. The fourth-order valence-electron chi connectivity index (χ4n) is 9.13. The molecule has 0 fully saturated rings. The Hall–Kier alpha value is -5.12. The van der Waals surface area contributed by atoms with Crippen LogP contribution in [0.4, 0.5) is 0 Å². The zero-order valence-electron chi connectivity index (χ0n) is 30.3. The SMILES string of the molecule is CC(C)(C)c1ccc2c(c1)C(C)(C)c1ccc(-c3ccc4c(c3)C(C)(C)c3ccc(-c5ccc6c7ccccc7c7nsnc7c6c5)cc3-4)cc1-2. The van der Waals surface area contributed by atoms with Crippen molar-refractivity contribution in [1.82, 2.24) is 8.75 Å². The Morgan fingerprint density at radius 2 is 0.922 bits per heavy atom. The molecule has 7 aromatic carbocycles. The Morgan fingerprint density at radius 1 is 0.431 bits per heavy atom. The van der Waals surface area contributed by atoms with E-state index < -0.39 is 0 Å². The van der Waals surface area contributed by atoms with Crippen LogP contribution in [-0.2, 0) is 16.2 Å². The van der Waals surface area contributed by atoms with Gasteiger partial charge in [0.25, 0.3) is 0 Å². The van der Waals surface area contributed by atoms with Crippen LogP contribution in [0.25, 0.3) is 77.1 Å². The second kappa shape index (κ2) is 10.2. The van der Waals surface area contributed by atoms with Crippen LogP contribution in [0.2, 0.25) is 0 Å². The van der Waals surface area contributed by atoms with Gasteiger partial charge in [-0.1, -0.05) is 139 Å². The van der Waals surface area contributed by atoms with Gasteiger partial charge >= 0.3 is 0 Å². The van der Waals surface area contributed by atoms with E-state index in [4.69, 9.17) is 8.75 Å². The summed E-state index contributed by atoms with van der Waals surface area (Å²) in [6.07, 6.45) is 0. The molecule has 51 heavy (non-hydrogen) atoms. The molecule has 2 nitrogen and oxygen atoms in total. The van der Waals surface area contributed by atoms with Crippen molar-refractivity contribution in [1.29, 1.82) is 0 Å². The number of benzene rings is 7. The van der Waals surface area contributed by atoms with E-state index in [1.54, 1.807) is 0 Å². The zero-order valence-corrected chi connectivity index (χ0v) is 31.1. The van der Waals surface area contributed by atoms with Crippen molar-refractivity contribution in [3.8, 4) is 44.5 Å². The van der Waals surface area contributed by atoms with Gasteiger partial charge in [0, 0.05) is 21.6 Å². The highest BCUT2D eigenvalue weighted by molar-refractivity contribution is 7.00. The molecule has 0 atom stereocenters. The van der Waals surface area contributed by atoms with Crippen LogP contribution in [0, 0.1) is 0 Å². The first-order valence-corrected chi connectivity index (χ1v) is 18.8. The highest BCUT2D eigenvalue weighted by Gasteiger charge is 2.38. The van der Waals surface area contributed by atoms with Crippen molar-refractivity contribution >= 4 is 44.3 Å². The molecule has 0 saturated carbocycles. The van der Waals surface area contributed by atoms with Crippen LogP contribution >= 0.6 is 11.7 Å². The average Bonchev–Trinajstić information content (AvgIpc) is 3.78. The molecule has 0 spiro atoms. The summed E-state index contributed by atoms with van der Waals surface area (Å²) in [7, 11) is 0. The quantitative estimate of drug-likeness (QED) is 0.170. The van der Waals surface area contributed by atoms with Crippen LogP contribution in [0.15, 0.2) is 115 Å². The first kappa shape index (κ1) is 30.7. The summed E-state index contributed by atoms with van der Waals surface area (Å²) in [5.74, 6) is 0. The molecule has 1 heterocycles. The van der Waals surface area contributed by atoms with Crippen LogP contribution in [-0.4, -0.2) is 8.75 Å². The average molecular weight is 677 g/mol. The predicted octanol–water partition coefficient (Wildman–Crippen LogP) is 13.2. The number of nitrogens with zero attached hydrogens (tertiary/aromatic N) is 2. The largest absolute Gasteiger partial charge is 0.172 e. The van der Waals surface area contributed by atoms with Crippen molar-refractivity contribution < 1.29 is 0 Å². The van der Waals surface area contributed by atoms with Gasteiger partial charge in [0.05, 0.1) is 11.7 Å². The lowest BCUT2D eigenvalue weighted by molar-refractivity contribution is 0.584. The van der Waals surface area contributed by atoms with Crippen molar-refractivity contribution in [2.24, 2.45) is 0 Å². The number of fused-ring (bicyclic) bond motifs is 12. The molecule has 8 aromatic rings. The van der Waals surface area contributed by atoms with E-state index in [-0.39, 0.29) is 16.2 Å². The normalized spacial score (nSPS) is 15.3. The van der Waals surface area contributed by atoms with Gasteiger partial charge in [-0.2, -0.15) is 8.75 Å². The first-order valence-electron chi connectivity index (χ1n) is 18.1. The van der Waals surface area contributed by atoms with E-state index in [9.17, 15) is 0 Å². The van der Waals surface area contributed by atoms with Gasteiger partial charge in [-0.25, -0.2) is 0 Å². The van der Waals surface area contributed by atoms with E-state index in [1.807, 2.05) is 0 Å². The van der Waals surface area contributed by atoms with Crippen LogP contribution < -0.4 is 0 Å². The van der Waals surface area contributed by atoms with E-state index >= 15 is 0 Å². The second-order valence-corrected chi connectivity index (χ2v) is 17.3. The highest BCUT2D eigenvalue weighted by Crippen LogP contribution is 2.53. The van der Waals surface area contributed by atoms with Crippen LogP contribution in [0.3, 0.4) is 0 Å². The Labute approximate surface area is 304 Å². The van der Waals surface area contributed by atoms with Crippen LogP contribution in [0.1, 0.15) is 76.3 Å². The van der Waals surface area contributed by atoms with Crippen molar-refractivity contribution in [3.63, 3.8) is 0 Å². The van der Waals surface area contributed by atoms with Crippen molar-refractivity contribution in [2.45, 2.75) is 64.7 Å². The number of hydrogen-bond acceptors (Lipinski definition) is 3.